The van der Waals surface area contributed by atoms with E-state index in [1.807, 2.05) is 6.08 Å². The highest BCUT2D eigenvalue weighted by Gasteiger charge is 2.25. The van der Waals surface area contributed by atoms with Crippen LogP contribution in [0.25, 0.3) is 0 Å². The Hall–Kier alpha value is -1.03. The SMILES string of the molecule is O=C(C1=CCCCO1)N1CCC(O)CC1. The summed E-state index contributed by atoms with van der Waals surface area (Å²) >= 11 is 0. The van der Waals surface area contributed by atoms with Crippen LogP contribution in [0.5, 0.6) is 0 Å². The van der Waals surface area contributed by atoms with Gasteiger partial charge in [0.05, 0.1) is 12.7 Å². The lowest BCUT2D eigenvalue weighted by Gasteiger charge is -2.30. The highest BCUT2D eigenvalue weighted by Crippen LogP contribution is 2.16. The van der Waals surface area contributed by atoms with Crippen molar-refractivity contribution in [3.8, 4) is 0 Å². The third-order valence-corrected chi connectivity index (χ3v) is 2.90. The van der Waals surface area contributed by atoms with Crippen LogP contribution in [0.2, 0.25) is 0 Å². The standard InChI is InChI=1S/C11H17NO3/c13-9-4-6-12(7-5-9)11(14)10-3-1-2-8-15-10/h3,9,13H,1-2,4-8H2. The number of nitrogens with zero attached hydrogens (tertiary/aromatic N) is 1. The lowest BCUT2D eigenvalue weighted by Crippen LogP contribution is -2.41. The summed E-state index contributed by atoms with van der Waals surface area (Å²) in [4.78, 5) is 13.7. The van der Waals surface area contributed by atoms with Crippen molar-refractivity contribution in [2.24, 2.45) is 0 Å². The van der Waals surface area contributed by atoms with Crippen LogP contribution in [-0.4, -0.2) is 41.7 Å². The van der Waals surface area contributed by atoms with Gasteiger partial charge >= 0.3 is 0 Å². The lowest BCUT2D eigenvalue weighted by molar-refractivity contribution is -0.133. The van der Waals surface area contributed by atoms with Crippen LogP contribution in [0.1, 0.15) is 25.7 Å². The zero-order valence-corrected chi connectivity index (χ0v) is 8.82. The van der Waals surface area contributed by atoms with Gasteiger partial charge in [0.1, 0.15) is 0 Å². The summed E-state index contributed by atoms with van der Waals surface area (Å²) in [5.74, 6) is 0.485. The van der Waals surface area contributed by atoms with Crippen LogP contribution >= 0.6 is 0 Å². The maximum absolute atomic E-state index is 11.9. The molecule has 1 N–H and O–H groups in total. The van der Waals surface area contributed by atoms with E-state index in [0.717, 1.165) is 12.8 Å². The monoisotopic (exact) mass is 211 g/mol. The first-order chi connectivity index (χ1) is 7.27. The topological polar surface area (TPSA) is 49.8 Å². The molecule has 2 aliphatic rings. The normalized spacial score (nSPS) is 23.3. The van der Waals surface area contributed by atoms with Crippen LogP contribution < -0.4 is 0 Å². The van der Waals surface area contributed by atoms with Gasteiger partial charge in [0.25, 0.3) is 5.91 Å². The maximum atomic E-state index is 11.9. The molecule has 0 spiro atoms. The second kappa shape index (κ2) is 4.66. The number of rotatable bonds is 1. The van der Waals surface area contributed by atoms with Crippen molar-refractivity contribution in [2.45, 2.75) is 31.8 Å². The van der Waals surface area contributed by atoms with Gasteiger partial charge in [-0.3, -0.25) is 4.79 Å². The fourth-order valence-electron chi connectivity index (χ4n) is 1.93. The van der Waals surface area contributed by atoms with Crippen LogP contribution in [0.3, 0.4) is 0 Å². The van der Waals surface area contributed by atoms with E-state index >= 15 is 0 Å². The minimum Gasteiger partial charge on any atom is -0.488 e. The summed E-state index contributed by atoms with van der Waals surface area (Å²) in [6.45, 7) is 1.93. The van der Waals surface area contributed by atoms with E-state index in [1.54, 1.807) is 4.90 Å². The predicted octanol–water partition coefficient (Wildman–Crippen LogP) is 0.664. The third kappa shape index (κ3) is 2.50. The highest BCUT2D eigenvalue weighted by atomic mass is 16.5. The van der Waals surface area contributed by atoms with Gasteiger partial charge in [0.15, 0.2) is 5.76 Å². The molecule has 2 rings (SSSR count). The average molecular weight is 211 g/mol. The molecule has 1 fully saturated rings. The lowest BCUT2D eigenvalue weighted by atomic mass is 10.1. The molecule has 0 bridgehead atoms. The summed E-state index contributed by atoms with van der Waals surface area (Å²) in [5, 5.41) is 9.34. The number of hydrogen-bond donors (Lipinski definition) is 1. The number of allylic oxidation sites excluding steroid dienone is 1. The van der Waals surface area contributed by atoms with E-state index < -0.39 is 0 Å². The first-order valence-electron chi connectivity index (χ1n) is 5.57. The number of aliphatic hydroxyl groups is 1. The van der Waals surface area contributed by atoms with Gasteiger partial charge in [0.2, 0.25) is 0 Å². The molecule has 0 aliphatic carbocycles. The third-order valence-electron chi connectivity index (χ3n) is 2.90. The molecule has 0 aromatic rings. The molecule has 2 aliphatic heterocycles. The fraction of sp³-hybridized carbons (Fsp3) is 0.727. The molecular weight excluding hydrogens is 194 g/mol. The van der Waals surface area contributed by atoms with E-state index in [1.165, 1.54) is 0 Å². The van der Waals surface area contributed by atoms with Crippen LogP contribution in [0.4, 0.5) is 0 Å². The number of amides is 1. The molecule has 0 radical (unpaired) electrons. The van der Waals surface area contributed by atoms with Gasteiger partial charge in [-0.2, -0.15) is 0 Å². The van der Waals surface area contributed by atoms with Crippen molar-refractivity contribution >= 4 is 5.91 Å². The molecule has 15 heavy (non-hydrogen) atoms. The quantitative estimate of drug-likeness (QED) is 0.693. The van der Waals surface area contributed by atoms with Gasteiger partial charge in [-0.1, -0.05) is 0 Å². The Balaban J connectivity index is 1.92. The van der Waals surface area contributed by atoms with Crippen LogP contribution in [-0.2, 0) is 9.53 Å². The number of likely N-dealkylation sites (tertiary alicyclic amines) is 1. The Labute approximate surface area is 89.5 Å². The number of piperidine rings is 1. The van der Waals surface area contributed by atoms with E-state index in [-0.39, 0.29) is 12.0 Å². The Kier molecular flexibility index (Phi) is 3.26. The number of carbonyl (C=O) groups excluding carboxylic acids is 1. The molecule has 0 unspecified atom stereocenters. The van der Waals surface area contributed by atoms with Crippen molar-refractivity contribution < 1.29 is 14.6 Å². The summed E-state index contributed by atoms with van der Waals surface area (Å²) in [5.41, 5.74) is 0. The molecule has 1 amide bonds. The summed E-state index contributed by atoms with van der Waals surface area (Å²) < 4.78 is 5.33. The molecule has 1 saturated heterocycles. The van der Waals surface area contributed by atoms with E-state index in [0.29, 0.717) is 38.3 Å². The van der Waals surface area contributed by atoms with Crippen LogP contribution in [0.15, 0.2) is 11.8 Å². The van der Waals surface area contributed by atoms with Crippen molar-refractivity contribution in [3.63, 3.8) is 0 Å². The smallest absolute Gasteiger partial charge is 0.288 e. The Bertz CT molecular complexity index is 267. The molecular formula is C11H17NO3. The molecule has 0 aromatic carbocycles. The van der Waals surface area contributed by atoms with Crippen molar-refractivity contribution in [2.75, 3.05) is 19.7 Å². The van der Waals surface area contributed by atoms with Crippen molar-refractivity contribution in [1.29, 1.82) is 0 Å². The minimum atomic E-state index is -0.240. The number of carbonyl (C=O) groups is 1. The molecule has 0 aromatic heterocycles. The number of hydrogen-bond acceptors (Lipinski definition) is 3. The Morgan fingerprint density at radius 1 is 1.47 bits per heavy atom. The number of ether oxygens (including phenoxy) is 1. The average Bonchev–Trinajstić information content (AvgIpc) is 2.30. The molecule has 4 heteroatoms. The Morgan fingerprint density at radius 3 is 2.80 bits per heavy atom. The van der Waals surface area contributed by atoms with Gasteiger partial charge in [-0.15, -0.1) is 0 Å². The molecule has 2 heterocycles. The summed E-state index contributed by atoms with van der Waals surface area (Å²) in [7, 11) is 0. The molecule has 4 nitrogen and oxygen atoms in total. The first-order valence-corrected chi connectivity index (χ1v) is 5.57. The van der Waals surface area contributed by atoms with Crippen molar-refractivity contribution in [3.05, 3.63) is 11.8 Å². The van der Waals surface area contributed by atoms with E-state index in [9.17, 15) is 9.90 Å². The molecule has 0 atom stereocenters. The van der Waals surface area contributed by atoms with Crippen LogP contribution in [0, 0.1) is 0 Å². The zero-order chi connectivity index (χ0) is 10.7. The first kappa shape index (κ1) is 10.5. The second-order valence-electron chi connectivity index (χ2n) is 4.08. The number of aliphatic hydroxyl groups excluding tert-OH is 1. The molecule has 84 valence electrons. The van der Waals surface area contributed by atoms with E-state index in [2.05, 4.69) is 0 Å². The van der Waals surface area contributed by atoms with Crippen molar-refractivity contribution in [1.82, 2.24) is 4.90 Å². The summed E-state index contributed by atoms with van der Waals surface area (Å²) in [6.07, 6.45) is 4.91. The highest BCUT2D eigenvalue weighted by molar-refractivity contribution is 5.91. The van der Waals surface area contributed by atoms with Gasteiger partial charge < -0.3 is 14.7 Å². The zero-order valence-electron chi connectivity index (χ0n) is 8.82. The van der Waals surface area contributed by atoms with Gasteiger partial charge in [0, 0.05) is 13.1 Å². The maximum Gasteiger partial charge on any atom is 0.288 e. The van der Waals surface area contributed by atoms with E-state index in [4.69, 9.17) is 4.74 Å². The molecule has 0 saturated carbocycles. The largest absolute Gasteiger partial charge is 0.488 e. The predicted molar refractivity (Wildman–Crippen MR) is 55.1 cm³/mol. The Morgan fingerprint density at radius 2 is 2.20 bits per heavy atom. The second-order valence-corrected chi connectivity index (χ2v) is 4.08. The summed E-state index contributed by atoms with van der Waals surface area (Å²) in [6, 6.07) is 0. The minimum absolute atomic E-state index is 0.0124. The van der Waals surface area contributed by atoms with Gasteiger partial charge in [-0.05, 0) is 31.8 Å². The fourth-order valence-corrected chi connectivity index (χ4v) is 1.93. The van der Waals surface area contributed by atoms with Gasteiger partial charge in [-0.25, -0.2) is 0 Å².